The molecule has 0 unspecified atom stereocenters. The fourth-order valence-electron chi connectivity index (χ4n) is 3.06. The summed E-state index contributed by atoms with van der Waals surface area (Å²) in [6.45, 7) is 2.35. The van der Waals surface area contributed by atoms with Crippen molar-refractivity contribution in [2.75, 3.05) is 18.1 Å². The molecule has 6 nitrogen and oxygen atoms in total. The molecule has 3 aromatic rings. The SMILES string of the molecule is CCCCCSc1nc2ccccc2n1CC(=O)Nc1cccc(C(=O)NC)c1. The lowest BCUT2D eigenvalue weighted by Crippen LogP contribution is -2.20. The third kappa shape index (κ3) is 5.38. The highest BCUT2D eigenvalue weighted by molar-refractivity contribution is 7.99. The molecule has 0 fully saturated rings. The average Bonchev–Trinajstić information content (AvgIpc) is 3.08. The number of benzene rings is 2. The van der Waals surface area contributed by atoms with Crippen molar-refractivity contribution in [3.63, 3.8) is 0 Å². The van der Waals surface area contributed by atoms with E-state index in [-0.39, 0.29) is 18.4 Å². The maximum absolute atomic E-state index is 12.7. The van der Waals surface area contributed by atoms with Crippen LogP contribution in [0.15, 0.2) is 53.7 Å². The van der Waals surface area contributed by atoms with Gasteiger partial charge in [-0.15, -0.1) is 0 Å². The number of para-hydroxylation sites is 2. The molecule has 3 rings (SSSR count). The molecule has 1 aromatic heterocycles. The van der Waals surface area contributed by atoms with Crippen LogP contribution in [0.3, 0.4) is 0 Å². The standard InChI is InChI=1S/C22H26N4O2S/c1-3-4-7-13-29-22-25-18-11-5-6-12-19(18)26(22)15-20(27)24-17-10-8-9-16(14-17)21(28)23-2/h5-6,8-12,14H,3-4,7,13,15H2,1-2H3,(H,23,28)(H,24,27). The summed E-state index contributed by atoms with van der Waals surface area (Å²) in [6, 6.07) is 14.8. The van der Waals surface area contributed by atoms with E-state index in [1.165, 1.54) is 12.8 Å². The first-order chi connectivity index (χ1) is 14.1. The number of fused-ring (bicyclic) bond motifs is 1. The van der Waals surface area contributed by atoms with Gasteiger partial charge in [-0.1, -0.05) is 49.7 Å². The Balaban J connectivity index is 1.76. The molecule has 0 aliphatic rings. The second-order valence-corrected chi connectivity index (χ2v) is 7.79. The van der Waals surface area contributed by atoms with Crippen LogP contribution in [0.1, 0.15) is 36.5 Å². The van der Waals surface area contributed by atoms with Crippen LogP contribution in [0.25, 0.3) is 11.0 Å². The van der Waals surface area contributed by atoms with Crippen molar-refractivity contribution in [1.82, 2.24) is 14.9 Å². The Hall–Kier alpha value is -2.80. The molecular weight excluding hydrogens is 384 g/mol. The fraction of sp³-hybridized carbons (Fsp3) is 0.318. The summed E-state index contributed by atoms with van der Waals surface area (Å²) in [6.07, 6.45) is 3.49. The summed E-state index contributed by atoms with van der Waals surface area (Å²) >= 11 is 1.69. The Bertz CT molecular complexity index is 999. The molecule has 29 heavy (non-hydrogen) atoms. The molecule has 0 spiro atoms. The topological polar surface area (TPSA) is 76.0 Å². The molecule has 0 radical (unpaired) electrons. The number of amides is 2. The van der Waals surface area contributed by atoms with E-state index >= 15 is 0 Å². The predicted molar refractivity (Wildman–Crippen MR) is 118 cm³/mol. The third-order valence-corrected chi connectivity index (χ3v) is 5.60. The van der Waals surface area contributed by atoms with Crippen LogP contribution in [0, 0.1) is 0 Å². The van der Waals surface area contributed by atoms with Gasteiger partial charge in [-0.2, -0.15) is 0 Å². The molecule has 2 aromatic carbocycles. The molecule has 1 heterocycles. The minimum absolute atomic E-state index is 0.155. The molecule has 0 aliphatic carbocycles. The van der Waals surface area contributed by atoms with Crippen LogP contribution < -0.4 is 10.6 Å². The van der Waals surface area contributed by atoms with E-state index in [1.54, 1.807) is 43.1 Å². The minimum Gasteiger partial charge on any atom is -0.355 e. The maximum Gasteiger partial charge on any atom is 0.251 e. The number of aromatic nitrogens is 2. The van der Waals surface area contributed by atoms with Gasteiger partial charge in [0.05, 0.1) is 11.0 Å². The maximum atomic E-state index is 12.7. The van der Waals surface area contributed by atoms with Crippen molar-refractivity contribution in [2.24, 2.45) is 0 Å². The van der Waals surface area contributed by atoms with Gasteiger partial charge in [0, 0.05) is 24.1 Å². The van der Waals surface area contributed by atoms with Crippen molar-refractivity contribution in [3.05, 3.63) is 54.1 Å². The molecule has 0 saturated carbocycles. The molecular formula is C22H26N4O2S. The molecule has 0 aliphatic heterocycles. The first kappa shape index (κ1) is 20.9. The van der Waals surface area contributed by atoms with Gasteiger partial charge in [0.2, 0.25) is 5.91 Å². The Morgan fingerprint density at radius 1 is 1.10 bits per heavy atom. The normalized spacial score (nSPS) is 10.8. The van der Waals surface area contributed by atoms with E-state index in [2.05, 4.69) is 17.6 Å². The van der Waals surface area contributed by atoms with Crippen molar-refractivity contribution >= 4 is 40.3 Å². The number of nitrogens with one attached hydrogen (secondary N) is 2. The summed E-state index contributed by atoms with van der Waals surface area (Å²) in [7, 11) is 1.58. The first-order valence-electron chi connectivity index (χ1n) is 9.82. The van der Waals surface area contributed by atoms with Crippen LogP contribution in [0.5, 0.6) is 0 Å². The van der Waals surface area contributed by atoms with Crippen molar-refractivity contribution < 1.29 is 9.59 Å². The highest BCUT2D eigenvalue weighted by atomic mass is 32.2. The van der Waals surface area contributed by atoms with Crippen LogP contribution >= 0.6 is 11.8 Å². The Morgan fingerprint density at radius 2 is 1.93 bits per heavy atom. The molecule has 0 bridgehead atoms. The Morgan fingerprint density at radius 3 is 2.72 bits per heavy atom. The summed E-state index contributed by atoms with van der Waals surface area (Å²) in [5.74, 6) is 0.637. The molecule has 2 N–H and O–H groups in total. The molecule has 2 amide bonds. The fourth-order valence-corrected chi connectivity index (χ4v) is 4.07. The third-order valence-electron chi connectivity index (χ3n) is 4.54. The van der Waals surface area contributed by atoms with Crippen molar-refractivity contribution in [2.45, 2.75) is 37.9 Å². The molecule has 7 heteroatoms. The summed E-state index contributed by atoms with van der Waals surface area (Å²) in [5, 5.41) is 6.34. The lowest BCUT2D eigenvalue weighted by Gasteiger charge is -2.10. The van der Waals surface area contributed by atoms with Crippen LogP contribution in [0.4, 0.5) is 5.69 Å². The summed E-state index contributed by atoms with van der Waals surface area (Å²) < 4.78 is 1.96. The lowest BCUT2D eigenvalue weighted by molar-refractivity contribution is -0.116. The highest BCUT2D eigenvalue weighted by Gasteiger charge is 2.14. The summed E-state index contributed by atoms with van der Waals surface area (Å²) in [5.41, 5.74) is 2.93. The van der Waals surface area contributed by atoms with E-state index < -0.39 is 0 Å². The highest BCUT2D eigenvalue weighted by Crippen LogP contribution is 2.25. The monoisotopic (exact) mass is 410 g/mol. The van der Waals surface area contributed by atoms with Crippen molar-refractivity contribution in [3.8, 4) is 0 Å². The predicted octanol–water partition coefficient (Wildman–Crippen LogP) is 4.32. The van der Waals surface area contributed by atoms with E-state index in [4.69, 9.17) is 4.98 Å². The summed E-state index contributed by atoms with van der Waals surface area (Å²) in [4.78, 5) is 29.3. The van der Waals surface area contributed by atoms with E-state index in [1.807, 2.05) is 28.8 Å². The number of imidazole rings is 1. The number of nitrogens with zero attached hydrogens (tertiary/aromatic N) is 2. The molecule has 0 saturated heterocycles. The van der Waals surface area contributed by atoms with Gasteiger partial charge >= 0.3 is 0 Å². The first-order valence-corrected chi connectivity index (χ1v) is 10.8. The molecule has 152 valence electrons. The largest absolute Gasteiger partial charge is 0.355 e. The Labute approximate surface area is 175 Å². The zero-order valence-electron chi connectivity index (χ0n) is 16.8. The van der Waals surface area contributed by atoms with Crippen LogP contribution in [-0.4, -0.2) is 34.2 Å². The minimum atomic E-state index is -0.188. The van der Waals surface area contributed by atoms with Gasteiger partial charge in [0.15, 0.2) is 5.16 Å². The number of thioether (sulfide) groups is 1. The van der Waals surface area contributed by atoms with Crippen LogP contribution in [0.2, 0.25) is 0 Å². The quantitative estimate of drug-likeness (QED) is 0.407. The van der Waals surface area contributed by atoms with Gasteiger partial charge in [-0.3, -0.25) is 9.59 Å². The lowest BCUT2D eigenvalue weighted by atomic mass is 10.2. The Kier molecular flexibility index (Phi) is 7.30. The average molecular weight is 411 g/mol. The van der Waals surface area contributed by atoms with E-state index in [0.29, 0.717) is 11.3 Å². The van der Waals surface area contributed by atoms with Gasteiger partial charge in [0.1, 0.15) is 6.54 Å². The smallest absolute Gasteiger partial charge is 0.251 e. The second kappa shape index (κ2) is 10.1. The number of anilines is 1. The van der Waals surface area contributed by atoms with Crippen molar-refractivity contribution in [1.29, 1.82) is 0 Å². The van der Waals surface area contributed by atoms with Gasteiger partial charge in [0.25, 0.3) is 5.91 Å². The van der Waals surface area contributed by atoms with E-state index in [9.17, 15) is 9.59 Å². The number of carbonyl (C=O) groups is 2. The van der Waals surface area contributed by atoms with Gasteiger partial charge in [-0.25, -0.2) is 4.98 Å². The number of carbonyl (C=O) groups excluding carboxylic acids is 2. The van der Waals surface area contributed by atoms with E-state index in [0.717, 1.165) is 28.4 Å². The number of hydrogen-bond acceptors (Lipinski definition) is 4. The number of unbranched alkanes of at least 4 members (excludes halogenated alkanes) is 2. The van der Waals surface area contributed by atoms with Crippen LogP contribution in [-0.2, 0) is 11.3 Å². The zero-order chi connectivity index (χ0) is 20.6. The zero-order valence-corrected chi connectivity index (χ0v) is 17.6. The number of rotatable bonds is 9. The second-order valence-electron chi connectivity index (χ2n) is 6.73. The number of hydrogen-bond donors (Lipinski definition) is 2. The van der Waals surface area contributed by atoms with Gasteiger partial charge < -0.3 is 15.2 Å². The van der Waals surface area contributed by atoms with Gasteiger partial charge in [-0.05, 0) is 36.8 Å². The molecule has 0 atom stereocenters.